The molecule has 6 nitrogen and oxygen atoms in total. The van der Waals surface area contributed by atoms with Crippen LogP contribution in [0.15, 0.2) is 24.3 Å². The van der Waals surface area contributed by atoms with Crippen LogP contribution in [-0.2, 0) is 11.2 Å². The summed E-state index contributed by atoms with van der Waals surface area (Å²) in [6.45, 7) is 2.49. The van der Waals surface area contributed by atoms with Crippen molar-refractivity contribution in [3.05, 3.63) is 40.7 Å². The van der Waals surface area contributed by atoms with Gasteiger partial charge in [-0.3, -0.25) is 4.79 Å². The molecule has 2 aromatic rings. The first-order chi connectivity index (χ1) is 9.56. The molecule has 0 unspecified atom stereocenters. The average Bonchev–Trinajstić information content (AvgIpc) is 2.92. The number of H-pyrrole nitrogens is 1. The van der Waals surface area contributed by atoms with Crippen molar-refractivity contribution in [3.63, 3.8) is 0 Å². The molecule has 1 aromatic carbocycles. The summed E-state index contributed by atoms with van der Waals surface area (Å²) in [6, 6.07) is 7.32. The Morgan fingerprint density at radius 2 is 2.30 bits per heavy atom. The van der Waals surface area contributed by atoms with E-state index in [0.29, 0.717) is 23.8 Å². The molecule has 0 bridgehead atoms. The predicted octanol–water partition coefficient (Wildman–Crippen LogP) is 1.66. The van der Waals surface area contributed by atoms with E-state index in [1.807, 2.05) is 19.1 Å². The van der Waals surface area contributed by atoms with Gasteiger partial charge >= 0.3 is 0 Å². The van der Waals surface area contributed by atoms with Crippen LogP contribution in [-0.4, -0.2) is 45.0 Å². The lowest BCUT2D eigenvalue weighted by Gasteiger charge is -2.20. The van der Waals surface area contributed by atoms with Gasteiger partial charge in [-0.2, -0.15) is 5.21 Å². The normalized spacial score (nSPS) is 12.2. The second-order valence-corrected chi connectivity index (χ2v) is 5.19. The van der Waals surface area contributed by atoms with Crippen LogP contribution in [0.25, 0.3) is 0 Å². The van der Waals surface area contributed by atoms with Gasteiger partial charge in [0, 0.05) is 24.5 Å². The molecule has 1 heterocycles. The maximum absolute atomic E-state index is 12.1. The number of carbonyl (C=O) groups excluding carboxylic acids is 1. The monoisotopic (exact) mass is 293 g/mol. The van der Waals surface area contributed by atoms with Crippen molar-refractivity contribution in [1.82, 2.24) is 25.5 Å². The summed E-state index contributed by atoms with van der Waals surface area (Å²) in [5, 5.41) is 14.4. The lowest BCUT2D eigenvalue weighted by atomic mass is 10.1. The molecule has 1 atom stereocenters. The minimum absolute atomic E-state index is 0.0297. The number of nitrogens with zero attached hydrogens (tertiary/aromatic N) is 4. The van der Waals surface area contributed by atoms with E-state index in [4.69, 9.17) is 11.6 Å². The number of hydrogen-bond acceptors (Lipinski definition) is 4. The molecule has 0 saturated carbocycles. The van der Waals surface area contributed by atoms with Crippen LogP contribution in [0.5, 0.6) is 0 Å². The molecule has 0 aliphatic carbocycles. The van der Waals surface area contributed by atoms with Gasteiger partial charge in [0.25, 0.3) is 0 Å². The van der Waals surface area contributed by atoms with Gasteiger partial charge in [-0.05, 0) is 17.7 Å². The SMILES string of the molecule is C[C@H](CN(C)C(=O)Cc1cccc(Cl)c1)c1nn[nH]n1. The second kappa shape index (κ2) is 6.47. The highest BCUT2D eigenvalue weighted by Crippen LogP contribution is 2.13. The van der Waals surface area contributed by atoms with E-state index in [-0.39, 0.29) is 11.8 Å². The Bertz CT molecular complexity index is 572. The van der Waals surface area contributed by atoms with Crippen LogP contribution in [0.3, 0.4) is 0 Å². The van der Waals surface area contributed by atoms with E-state index < -0.39 is 0 Å². The number of benzene rings is 1. The third-order valence-corrected chi connectivity index (χ3v) is 3.26. The average molecular weight is 294 g/mol. The number of halogens is 1. The predicted molar refractivity (Wildman–Crippen MR) is 75.4 cm³/mol. The van der Waals surface area contributed by atoms with E-state index in [1.54, 1.807) is 24.1 Å². The second-order valence-electron chi connectivity index (χ2n) is 4.75. The minimum Gasteiger partial charge on any atom is -0.345 e. The van der Waals surface area contributed by atoms with Crippen LogP contribution in [0.4, 0.5) is 0 Å². The molecular weight excluding hydrogens is 278 g/mol. The summed E-state index contributed by atoms with van der Waals surface area (Å²) in [5.41, 5.74) is 0.904. The number of aromatic nitrogens is 4. The van der Waals surface area contributed by atoms with Gasteiger partial charge in [0.15, 0.2) is 5.82 Å². The van der Waals surface area contributed by atoms with Crippen molar-refractivity contribution >= 4 is 17.5 Å². The van der Waals surface area contributed by atoms with Crippen LogP contribution >= 0.6 is 11.6 Å². The fraction of sp³-hybridized carbons (Fsp3) is 0.385. The maximum atomic E-state index is 12.1. The number of likely N-dealkylation sites (N-methyl/N-ethyl adjacent to an activating group) is 1. The van der Waals surface area contributed by atoms with Crippen LogP contribution < -0.4 is 0 Å². The first-order valence-corrected chi connectivity index (χ1v) is 6.66. The molecule has 7 heteroatoms. The Labute approximate surface area is 122 Å². The fourth-order valence-corrected chi connectivity index (χ4v) is 2.14. The third kappa shape index (κ3) is 3.77. The Morgan fingerprint density at radius 1 is 1.50 bits per heavy atom. The van der Waals surface area contributed by atoms with Crippen molar-refractivity contribution in [2.24, 2.45) is 0 Å². The summed E-state index contributed by atoms with van der Waals surface area (Å²) < 4.78 is 0. The molecule has 0 spiro atoms. The van der Waals surface area contributed by atoms with Gasteiger partial charge in [-0.15, -0.1) is 10.2 Å². The summed E-state index contributed by atoms with van der Waals surface area (Å²) in [6.07, 6.45) is 0.329. The third-order valence-electron chi connectivity index (χ3n) is 3.02. The quantitative estimate of drug-likeness (QED) is 0.910. The molecule has 20 heavy (non-hydrogen) atoms. The molecule has 0 radical (unpaired) electrons. The standard InChI is InChI=1S/C13H16ClN5O/c1-9(13-15-17-18-16-13)8-19(2)12(20)7-10-4-3-5-11(14)6-10/h3-6,9H,7-8H2,1-2H3,(H,15,16,17,18)/t9-/m1/s1. The van der Waals surface area contributed by atoms with Crippen LogP contribution in [0.1, 0.15) is 24.2 Å². The molecule has 106 valence electrons. The number of amides is 1. The Morgan fingerprint density at radius 3 is 2.95 bits per heavy atom. The van der Waals surface area contributed by atoms with Gasteiger partial charge in [0.05, 0.1) is 6.42 Å². The van der Waals surface area contributed by atoms with E-state index in [2.05, 4.69) is 20.6 Å². The van der Waals surface area contributed by atoms with Gasteiger partial charge in [0.2, 0.25) is 5.91 Å². The Kier molecular flexibility index (Phi) is 4.68. The summed E-state index contributed by atoms with van der Waals surface area (Å²) in [5.74, 6) is 0.664. The first-order valence-electron chi connectivity index (χ1n) is 6.28. The zero-order valence-corrected chi connectivity index (χ0v) is 12.1. The van der Waals surface area contributed by atoms with Crippen molar-refractivity contribution in [3.8, 4) is 0 Å². The van der Waals surface area contributed by atoms with E-state index in [0.717, 1.165) is 5.56 Å². The zero-order valence-electron chi connectivity index (χ0n) is 11.4. The summed E-state index contributed by atoms with van der Waals surface area (Å²) in [7, 11) is 1.77. The fourth-order valence-electron chi connectivity index (χ4n) is 1.93. The molecule has 1 amide bonds. The molecule has 0 saturated heterocycles. The van der Waals surface area contributed by atoms with Crippen molar-refractivity contribution in [2.75, 3.05) is 13.6 Å². The molecule has 2 rings (SSSR count). The lowest BCUT2D eigenvalue weighted by molar-refractivity contribution is -0.129. The Hall–Kier alpha value is -1.95. The maximum Gasteiger partial charge on any atom is 0.226 e. The minimum atomic E-state index is 0.0297. The van der Waals surface area contributed by atoms with Crippen molar-refractivity contribution < 1.29 is 4.79 Å². The number of tetrazole rings is 1. The number of aromatic amines is 1. The van der Waals surface area contributed by atoms with Crippen LogP contribution in [0, 0.1) is 0 Å². The van der Waals surface area contributed by atoms with E-state index >= 15 is 0 Å². The highest BCUT2D eigenvalue weighted by molar-refractivity contribution is 6.30. The molecular formula is C13H16ClN5O. The van der Waals surface area contributed by atoms with Gasteiger partial charge in [-0.25, -0.2) is 0 Å². The molecule has 0 fully saturated rings. The highest BCUT2D eigenvalue weighted by atomic mass is 35.5. The first kappa shape index (κ1) is 14.5. The highest BCUT2D eigenvalue weighted by Gasteiger charge is 2.17. The van der Waals surface area contributed by atoms with E-state index in [1.165, 1.54) is 0 Å². The van der Waals surface area contributed by atoms with Gasteiger partial charge < -0.3 is 4.90 Å². The molecule has 1 N–H and O–H groups in total. The smallest absolute Gasteiger partial charge is 0.226 e. The topological polar surface area (TPSA) is 74.8 Å². The largest absolute Gasteiger partial charge is 0.345 e. The zero-order chi connectivity index (χ0) is 14.5. The molecule has 0 aliphatic heterocycles. The number of rotatable bonds is 5. The molecule has 1 aromatic heterocycles. The molecule has 0 aliphatic rings. The lowest BCUT2D eigenvalue weighted by Crippen LogP contribution is -2.31. The van der Waals surface area contributed by atoms with E-state index in [9.17, 15) is 4.79 Å². The van der Waals surface area contributed by atoms with Crippen LogP contribution in [0.2, 0.25) is 5.02 Å². The van der Waals surface area contributed by atoms with Crippen molar-refractivity contribution in [1.29, 1.82) is 0 Å². The number of hydrogen-bond donors (Lipinski definition) is 1. The van der Waals surface area contributed by atoms with Crippen molar-refractivity contribution in [2.45, 2.75) is 19.3 Å². The van der Waals surface area contributed by atoms with Gasteiger partial charge in [-0.1, -0.05) is 35.9 Å². The Balaban J connectivity index is 1.92. The van der Waals surface area contributed by atoms with Gasteiger partial charge in [0.1, 0.15) is 0 Å². The number of nitrogens with one attached hydrogen (secondary N) is 1. The number of carbonyl (C=O) groups is 1. The summed E-state index contributed by atoms with van der Waals surface area (Å²) >= 11 is 5.91. The summed E-state index contributed by atoms with van der Waals surface area (Å²) in [4.78, 5) is 13.8.